The van der Waals surface area contributed by atoms with Gasteiger partial charge >= 0.3 is 0 Å². The molecule has 1 atom stereocenters. The van der Waals surface area contributed by atoms with Gasteiger partial charge in [0, 0.05) is 6.54 Å². The van der Waals surface area contributed by atoms with Crippen molar-refractivity contribution in [3.8, 4) is 11.5 Å². The van der Waals surface area contributed by atoms with Crippen LogP contribution in [-0.2, 0) is 11.2 Å². The van der Waals surface area contributed by atoms with Crippen molar-refractivity contribution < 1.29 is 14.3 Å². The lowest BCUT2D eigenvalue weighted by atomic mass is 10.1. The zero-order valence-corrected chi connectivity index (χ0v) is 11.6. The first-order valence-corrected chi connectivity index (χ1v) is 6.14. The van der Waals surface area contributed by atoms with E-state index in [1.54, 1.807) is 21.1 Å². The second-order valence-corrected chi connectivity index (χ2v) is 4.50. The molecule has 1 aromatic carbocycles. The largest absolute Gasteiger partial charge is 0.493 e. The van der Waals surface area contributed by atoms with Crippen molar-refractivity contribution in [1.82, 2.24) is 5.32 Å². The molecular weight excluding hydrogens is 254 g/mol. The molecule has 1 aromatic rings. The third kappa shape index (κ3) is 4.11. The number of ether oxygens (including phenoxy) is 2. The average molecular weight is 272 g/mol. The van der Waals surface area contributed by atoms with Crippen LogP contribution in [0.5, 0.6) is 11.5 Å². The SMILES string of the molecule is COc1ccc(CCNC(=O)[C@@H](C)Cl)cc1OC. The number of benzene rings is 1. The fourth-order valence-electron chi connectivity index (χ4n) is 1.51. The minimum atomic E-state index is -0.504. The van der Waals surface area contributed by atoms with Gasteiger partial charge in [0.05, 0.1) is 14.2 Å². The minimum absolute atomic E-state index is 0.155. The van der Waals surface area contributed by atoms with E-state index in [0.29, 0.717) is 18.0 Å². The van der Waals surface area contributed by atoms with Gasteiger partial charge in [0.15, 0.2) is 11.5 Å². The smallest absolute Gasteiger partial charge is 0.237 e. The number of hydrogen-bond acceptors (Lipinski definition) is 3. The van der Waals surface area contributed by atoms with Crippen molar-refractivity contribution in [2.75, 3.05) is 20.8 Å². The second kappa shape index (κ2) is 7.11. The van der Waals surface area contributed by atoms with Crippen molar-refractivity contribution in [3.63, 3.8) is 0 Å². The highest BCUT2D eigenvalue weighted by atomic mass is 35.5. The average Bonchev–Trinajstić information content (AvgIpc) is 2.38. The summed E-state index contributed by atoms with van der Waals surface area (Å²) in [7, 11) is 3.19. The lowest BCUT2D eigenvalue weighted by Gasteiger charge is -2.10. The molecule has 0 aliphatic heterocycles. The summed E-state index contributed by atoms with van der Waals surface area (Å²) in [4.78, 5) is 11.3. The Bertz CT molecular complexity index is 407. The Kier molecular flexibility index (Phi) is 5.78. The first kappa shape index (κ1) is 14.6. The molecule has 5 heteroatoms. The topological polar surface area (TPSA) is 47.6 Å². The van der Waals surface area contributed by atoms with Crippen molar-refractivity contribution in [2.24, 2.45) is 0 Å². The predicted molar refractivity (Wildman–Crippen MR) is 71.6 cm³/mol. The highest BCUT2D eigenvalue weighted by molar-refractivity contribution is 6.30. The van der Waals surface area contributed by atoms with Gasteiger partial charge in [0.1, 0.15) is 5.38 Å². The molecule has 0 spiro atoms. The molecule has 0 saturated carbocycles. The summed E-state index contributed by atoms with van der Waals surface area (Å²) < 4.78 is 10.4. The first-order valence-electron chi connectivity index (χ1n) is 5.71. The molecule has 1 N–H and O–H groups in total. The molecule has 0 saturated heterocycles. The maximum Gasteiger partial charge on any atom is 0.237 e. The van der Waals surface area contributed by atoms with E-state index < -0.39 is 5.38 Å². The van der Waals surface area contributed by atoms with Crippen molar-refractivity contribution >= 4 is 17.5 Å². The zero-order valence-electron chi connectivity index (χ0n) is 10.8. The number of hydrogen-bond donors (Lipinski definition) is 1. The third-order valence-electron chi connectivity index (χ3n) is 2.52. The van der Waals surface area contributed by atoms with Gasteiger partial charge in [-0.3, -0.25) is 4.79 Å². The maximum absolute atomic E-state index is 11.3. The second-order valence-electron chi connectivity index (χ2n) is 3.85. The van der Waals surface area contributed by atoms with Crippen molar-refractivity contribution in [2.45, 2.75) is 18.7 Å². The molecule has 0 unspecified atom stereocenters. The van der Waals surface area contributed by atoms with Crippen LogP contribution in [0, 0.1) is 0 Å². The molecule has 0 bridgehead atoms. The van der Waals surface area contributed by atoms with E-state index in [0.717, 1.165) is 12.0 Å². The molecule has 18 heavy (non-hydrogen) atoms. The number of methoxy groups -OCH3 is 2. The minimum Gasteiger partial charge on any atom is -0.493 e. The Balaban J connectivity index is 2.55. The highest BCUT2D eigenvalue weighted by Crippen LogP contribution is 2.27. The summed E-state index contributed by atoms with van der Waals surface area (Å²) in [5.41, 5.74) is 1.06. The molecule has 0 heterocycles. The Morgan fingerprint density at radius 3 is 2.56 bits per heavy atom. The van der Waals surface area contributed by atoms with Gasteiger partial charge in [-0.2, -0.15) is 0 Å². The summed E-state index contributed by atoms with van der Waals surface area (Å²) in [6, 6.07) is 5.69. The Labute approximate surface area is 112 Å². The number of carbonyl (C=O) groups is 1. The van der Waals surface area contributed by atoms with E-state index in [-0.39, 0.29) is 5.91 Å². The van der Waals surface area contributed by atoms with Crippen LogP contribution in [0.4, 0.5) is 0 Å². The molecule has 0 fully saturated rings. The van der Waals surface area contributed by atoms with Crippen LogP contribution in [-0.4, -0.2) is 32.0 Å². The Morgan fingerprint density at radius 2 is 2.00 bits per heavy atom. The molecule has 0 radical (unpaired) electrons. The highest BCUT2D eigenvalue weighted by Gasteiger charge is 2.08. The zero-order chi connectivity index (χ0) is 13.5. The van der Waals surface area contributed by atoms with Crippen LogP contribution in [0.3, 0.4) is 0 Å². The molecule has 1 rings (SSSR count). The predicted octanol–water partition coefficient (Wildman–Crippen LogP) is 1.99. The summed E-state index contributed by atoms with van der Waals surface area (Å²) in [6.45, 7) is 2.19. The first-order chi connectivity index (χ1) is 8.58. The van der Waals surface area contributed by atoms with Gasteiger partial charge in [-0.15, -0.1) is 11.6 Å². The number of rotatable bonds is 6. The fourth-order valence-corrected chi connectivity index (χ4v) is 1.58. The van der Waals surface area contributed by atoms with Crippen LogP contribution in [0.15, 0.2) is 18.2 Å². The Morgan fingerprint density at radius 1 is 1.33 bits per heavy atom. The lowest BCUT2D eigenvalue weighted by Crippen LogP contribution is -2.31. The van der Waals surface area contributed by atoms with E-state index in [1.165, 1.54) is 0 Å². The molecule has 0 aromatic heterocycles. The lowest BCUT2D eigenvalue weighted by molar-refractivity contribution is -0.120. The normalized spacial score (nSPS) is 11.8. The summed E-state index contributed by atoms with van der Waals surface area (Å²) in [5.74, 6) is 1.23. The van der Waals surface area contributed by atoms with Gasteiger partial charge in [-0.25, -0.2) is 0 Å². The number of nitrogens with one attached hydrogen (secondary N) is 1. The van der Waals surface area contributed by atoms with E-state index >= 15 is 0 Å². The molecule has 0 aliphatic carbocycles. The van der Waals surface area contributed by atoms with E-state index in [1.807, 2.05) is 18.2 Å². The molecule has 0 aliphatic rings. The van der Waals surface area contributed by atoms with E-state index in [2.05, 4.69) is 5.32 Å². The number of amides is 1. The van der Waals surface area contributed by atoms with Crippen LogP contribution in [0.25, 0.3) is 0 Å². The molecule has 1 amide bonds. The standard InChI is InChI=1S/C13H18ClNO3/c1-9(14)13(16)15-7-6-10-4-5-11(17-2)12(8-10)18-3/h4-5,8-9H,6-7H2,1-3H3,(H,15,16)/t9-/m1/s1. The summed E-state index contributed by atoms with van der Waals surface area (Å²) in [5, 5.41) is 2.25. The van der Waals surface area contributed by atoms with Gasteiger partial charge < -0.3 is 14.8 Å². The molecular formula is C13H18ClNO3. The van der Waals surface area contributed by atoms with Crippen LogP contribution >= 0.6 is 11.6 Å². The van der Waals surface area contributed by atoms with Gasteiger partial charge in [0.2, 0.25) is 5.91 Å². The van der Waals surface area contributed by atoms with E-state index in [4.69, 9.17) is 21.1 Å². The maximum atomic E-state index is 11.3. The van der Waals surface area contributed by atoms with E-state index in [9.17, 15) is 4.79 Å². The van der Waals surface area contributed by atoms with Gasteiger partial charge in [-0.05, 0) is 31.0 Å². The summed E-state index contributed by atoms with van der Waals surface area (Å²) >= 11 is 5.65. The van der Waals surface area contributed by atoms with Crippen molar-refractivity contribution in [3.05, 3.63) is 23.8 Å². The van der Waals surface area contributed by atoms with Crippen LogP contribution < -0.4 is 14.8 Å². The number of alkyl halides is 1. The fraction of sp³-hybridized carbons (Fsp3) is 0.462. The van der Waals surface area contributed by atoms with Gasteiger partial charge in [-0.1, -0.05) is 6.07 Å². The molecule has 4 nitrogen and oxygen atoms in total. The number of halogens is 1. The molecule has 100 valence electrons. The van der Waals surface area contributed by atoms with Crippen molar-refractivity contribution in [1.29, 1.82) is 0 Å². The van der Waals surface area contributed by atoms with Gasteiger partial charge in [0.25, 0.3) is 0 Å². The number of carbonyl (C=O) groups excluding carboxylic acids is 1. The third-order valence-corrected chi connectivity index (χ3v) is 2.72. The summed E-state index contributed by atoms with van der Waals surface area (Å²) in [6.07, 6.45) is 0.718. The monoisotopic (exact) mass is 271 g/mol. The quantitative estimate of drug-likeness (QED) is 0.805. The Hall–Kier alpha value is -1.42. The van der Waals surface area contributed by atoms with Crippen LogP contribution in [0.2, 0.25) is 0 Å². The van der Waals surface area contributed by atoms with Crippen LogP contribution in [0.1, 0.15) is 12.5 Å².